The predicted octanol–water partition coefficient (Wildman–Crippen LogP) is 1.93. The van der Waals surface area contributed by atoms with Gasteiger partial charge in [0.25, 0.3) is 0 Å². The summed E-state index contributed by atoms with van der Waals surface area (Å²) >= 11 is 0. The number of nitrogens with zero attached hydrogens (tertiary/aromatic N) is 1. The van der Waals surface area contributed by atoms with E-state index in [0.717, 1.165) is 38.9 Å². The fraction of sp³-hybridized carbons (Fsp3) is 0.562. The molecule has 1 saturated heterocycles. The second-order valence-electron chi connectivity index (χ2n) is 5.68. The van der Waals surface area contributed by atoms with Crippen molar-refractivity contribution >= 4 is 5.91 Å². The Hall–Kier alpha value is -1.35. The molecule has 1 aromatic carbocycles. The van der Waals surface area contributed by atoms with E-state index in [1.54, 1.807) is 0 Å². The van der Waals surface area contributed by atoms with E-state index >= 15 is 0 Å². The van der Waals surface area contributed by atoms with Gasteiger partial charge in [0, 0.05) is 19.0 Å². The van der Waals surface area contributed by atoms with Crippen molar-refractivity contribution in [1.29, 1.82) is 0 Å². The summed E-state index contributed by atoms with van der Waals surface area (Å²) < 4.78 is 0. The third-order valence-electron chi connectivity index (χ3n) is 4.34. The molecule has 102 valence electrons. The van der Waals surface area contributed by atoms with E-state index in [1.165, 1.54) is 11.1 Å². The van der Waals surface area contributed by atoms with Crippen LogP contribution >= 0.6 is 0 Å². The van der Waals surface area contributed by atoms with Gasteiger partial charge < -0.3 is 10.2 Å². The zero-order valence-electron chi connectivity index (χ0n) is 11.6. The van der Waals surface area contributed by atoms with Crippen molar-refractivity contribution in [1.82, 2.24) is 10.2 Å². The molecular weight excluding hydrogens is 236 g/mol. The first-order valence-corrected chi connectivity index (χ1v) is 7.39. The van der Waals surface area contributed by atoms with Gasteiger partial charge in [0.1, 0.15) is 0 Å². The van der Waals surface area contributed by atoms with Crippen LogP contribution in [0.5, 0.6) is 0 Å². The van der Waals surface area contributed by atoms with Gasteiger partial charge >= 0.3 is 0 Å². The van der Waals surface area contributed by atoms with E-state index in [4.69, 9.17) is 0 Å². The van der Waals surface area contributed by atoms with Gasteiger partial charge in [-0.1, -0.05) is 31.2 Å². The van der Waals surface area contributed by atoms with Crippen LogP contribution < -0.4 is 5.32 Å². The highest BCUT2D eigenvalue weighted by Crippen LogP contribution is 2.35. The third kappa shape index (κ3) is 2.39. The second-order valence-corrected chi connectivity index (χ2v) is 5.68. The molecular formula is C16H22N2O. The highest BCUT2D eigenvalue weighted by molar-refractivity contribution is 5.84. The van der Waals surface area contributed by atoms with E-state index in [0.29, 0.717) is 11.8 Å². The number of hydrogen-bond acceptors (Lipinski definition) is 2. The first kappa shape index (κ1) is 12.7. The van der Waals surface area contributed by atoms with Gasteiger partial charge in [-0.05, 0) is 36.9 Å². The molecule has 1 fully saturated rings. The van der Waals surface area contributed by atoms with Crippen LogP contribution in [0.25, 0.3) is 0 Å². The first-order valence-electron chi connectivity index (χ1n) is 7.39. The number of benzene rings is 1. The maximum atomic E-state index is 12.3. The quantitative estimate of drug-likeness (QED) is 0.875. The van der Waals surface area contributed by atoms with Crippen molar-refractivity contribution in [3.8, 4) is 0 Å². The van der Waals surface area contributed by atoms with Gasteiger partial charge in [-0.25, -0.2) is 0 Å². The van der Waals surface area contributed by atoms with Crippen LogP contribution in [-0.4, -0.2) is 36.5 Å². The minimum absolute atomic E-state index is 0.0651. The Morgan fingerprint density at radius 3 is 3.00 bits per heavy atom. The second kappa shape index (κ2) is 5.33. The third-order valence-corrected chi connectivity index (χ3v) is 4.34. The van der Waals surface area contributed by atoms with Crippen LogP contribution in [0.4, 0.5) is 0 Å². The normalized spacial score (nSPS) is 25.3. The number of carbonyl (C=O) groups excluding carboxylic acids is 1. The molecule has 1 N–H and O–H groups in total. The molecule has 0 spiro atoms. The monoisotopic (exact) mass is 258 g/mol. The standard InChI is InChI=1S/C16H22N2O/c1-2-8-17-15-7-9-18(16(15)19)11-13-10-12-5-3-4-6-14(12)13/h3-6,13,15,17H,2,7-11H2,1H3. The minimum atomic E-state index is 0.0651. The van der Waals surface area contributed by atoms with Crippen LogP contribution in [0.2, 0.25) is 0 Å². The maximum absolute atomic E-state index is 12.3. The molecule has 0 saturated carbocycles. The summed E-state index contributed by atoms with van der Waals surface area (Å²) in [6.45, 7) is 4.89. The molecule has 3 heteroatoms. The lowest BCUT2D eigenvalue weighted by molar-refractivity contribution is -0.129. The maximum Gasteiger partial charge on any atom is 0.239 e. The van der Waals surface area contributed by atoms with Crippen LogP contribution in [0, 0.1) is 0 Å². The Morgan fingerprint density at radius 2 is 2.21 bits per heavy atom. The summed E-state index contributed by atoms with van der Waals surface area (Å²) in [6.07, 6.45) is 3.18. The van der Waals surface area contributed by atoms with Gasteiger partial charge in [0.15, 0.2) is 0 Å². The van der Waals surface area contributed by atoms with Crippen molar-refractivity contribution in [2.75, 3.05) is 19.6 Å². The van der Waals surface area contributed by atoms with Crippen LogP contribution in [0.15, 0.2) is 24.3 Å². The number of rotatable bonds is 5. The lowest BCUT2D eigenvalue weighted by atomic mass is 9.77. The van der Waals surface area contributed by atoms with Crippen molar-refractivity contribution in [3.63, 3.8) is 0 Å². The summed E-state index contributed by atoms with van der Waals surface area (Å²) in [5.74, 6) is 0.864. The minimum Gasteiger partial charge on any atom is -0.341 e. The summed E-state index contributed by atoms with van der Waals surface area (Å²) in [6, 6.07) is 8.67. The molecule has 19 heavy (non-hydrogen) atoms. The molecule has 1 amide bonds. The number of nitrogens with one attached hydrogen (secondary N) is 1. The average molecular weight is 258 g/mol. The largest absolute Gasteiger partial charge is 0.341 e. The van der Waals surface area contributed by atoms with E-state index in [2.05, 4.69) is 36.5 Å². The van der Waals surface area contributed by atoms with Crippen molar-refractivity contribution in [2.24, 2.45) is 0 Å². The van der Waals surface area contributed by atoms with Gasteiger partial charge in [-0.2, -0.15) is 0 Å². The zero-order valence-corrected chi connectivity index (χ0v) is 11.6. The van der Waals surface area contributed by atoms with Gasteiger partial charge in [-0.3, -0.25) is 4.79 Å². The smallest absolute Gasteiger partial charge is 0.239 e. The summed E-state index contributed by atoms with van der Waals surface area (Å²) in [4.78, 5) is 14.3. The molecule has 3 nitrogen and oxygen atoms in total. The molecule has 3 rings (SSSR count). The van der Waals surface area contributed by atoms with Gasteiger partial charge in [-0.15, -0.1) is 0 Å². The van der Waals surface area contributed by atoms with E-state index in [9.17, 15) is 4.79 Å². The molecule has 1 aliphatic carbocycles. The zero-order chi connectivity index (χ0) is 13.2. The number of carbonyl (C=O) groups is 1. The first-order chi connectivity index (χ1) is 9.29. The van der Waals surface area contributed by atoms with E-state index in [1.807, 2.05) is 4.90 Å². The molecule has 1 aliphatic heterocycles. The molecule has 1 aromatic rings. The summed E-state index contributed by atoms with van der Waals surface area (Å²) in [5, 5.41) is 3.35. The van der Waals surface area contributed by atoms with Crippen molar-refractivity contribution in [2.45, 2.75) is 38.1 Å². The molecule has 0 radical (unpaired) electrons. The lowest BCUT2D eigenvalue weighted by Gasteiger charge is -2.33. The number of fused-ring (bicyclic) bond motifs is 1. The summed E-state index contributed by atoms with van der Waals surface area (Å²) in [7, 11) is 0. The van der Waals surface area contributed by atoms with E-state index < -0.39 is 0 Å². The number of hydrogen-bond donors (Lipinski definition) is 1. The Morgan fingerprint density at radius 1 is 1.37 bits per heavy atom. The van der Waals surface area contributed by atoms with Gasteiger partial charge in [0.2, 0.25) is 5.91 Å². The fourth-order valence-electron chi connectivity index (χ4n) is 3.22. The lowest BCUT2D eigenvalue weighted by Crippen LogP contribution is -2.41. The topological polar surface area (TPSA) is 32.3 Å². The van der Waals surface area contributed by atoms with Crippen molar-refractivity contribution in [3.05, 3.63) is 35.4 Å². The predicted molar refractivity (Wildman–Crippen MR) is 76.2 cm³/mol. The molecule has 0 bridgehead atoms. The average Bonchev–Trinajstić information content (AvgIpc) is 2.75. The Labute approximate surface area is 115 Å². The van der Waals surface area contributed by atoms with Crippen molar-refractivity contribution < 1.29 is 4.79 Å². The Balaban J connectivity index is 1.56. The summed E-state index contributed by atoms with van der Waals surface area (Å²) in [5.41, 5.74) is 2.90. The van der Waals surface area contributed by atoms with Crippen LogP contribution in [0.1, 0.15) is 36.8 Å². The molecule has 2 atom stereocenters. The SMILES string of the molecule is CCCNC1CCN(CC2Cc3ccccc32)C1=O. The molecule has 1 heterocycles. The Kier molecular flexibility index (Phi) is 3.56. The highest BCUT2D eigenvalue weighted by atomic mass is 16.2. The van der Waals surface area contributed by atoms with E-state index in [-0.39, 0.29) is 6.04 Å². The molecule has 0 aromatic heterocycles. The number of likely N-dealkylation sites (tertiary alicyclic amines) is 1. The molecule has 2 aliphatic rings. The number of amides is 1. The highest BCUT2D eigenvalue weighted by Gasteiger charge is 2.35. The molecule has 2 unspecified atom stereocenters. The van der Waals surface area contributed by atoms with Gasteiger partial charge in [0.05, 0.1) is 6.04 Å². The Bertz CT molecular complexity index is 472. The van der Waals surface area contributed by atoms with Crippen LogP contribution in [0.3, 0.4) is 0 Å². The van der Waals surface area contributed by atoms with Crippen LogP contribution in [-0.2, 0) is 11.2 Å². The fourth-order valence-corrected chi connectivity index (χ4v) is 3.22.